The molecule has 2 N–H and O–H groups in total. The molecule has 1 aromatic carbocycles. The standard InChI is InChI=1S/C12H15N3O3S/c1-4-13-11(16)15-12-14-7-5-8(17-2)9(18-3)6-10(7)19-12/h5-6H,4H2,1-3H3,(H2,13,14,15,16). The Kier molecular flexibility index (Phi) is 4.06. The Morgan fingerprint density at radius 2 is 2.00 bits per heavy atom. The molecule has 6 nitrogen and oxygen atoms in total. The number of rotatable bonds is 4. The Hall–Kier alpha value is -2.02. The molecular weight excluding hydrogens is 266 g/mol. The first kappa shape index (κ1) is 13.4. The van der Waals surface area contributed by atoms with Gasteiger partial charge in [-0.3, -0.25) is 5.32 Å². The normalized spacial score (nSPS) is 10.3. The molecule has 0 saturated heterocycles. The summed E-state index contributed by atoms with van der Waals surface area (Å²) in [6.45, 7) is 2.42. The zero-order valence-corrected chi connectivity index (χ0v) is 11.8. The Balaban J connectivity index is 2.32. The predicted molar refractivity (Wildman–Crippen MR) is 75.4 cm³/mol. The van der Waals surface area contributed by atoms with E-state index in [9.17, 15) is 4.79 Å². The summed E-state index contributed by atoms with van der Waals surface area (Å²) in [5, 5.41) is 5.87. The summed E-state index contributed by atoms with van der Waals surface area (Å²) in [5.74, 6) is 1.26. The zero-order valence-electron chi connectivity index (χ0n) is 10.9. The predicted octanol–water partition coefficient (Wildman–Crippen LogP) is 2.45. The number of fused-ring (bicyclic) bond motifs is 1. The molecule has 2 amide bonds. The lowest BCUT2D eigenvalue weighted by atomic mass is 10.3. The number of hydrogen-bond donors (Lipinski definition) is 2. The van der Waals surface area contributed by atoms with E-state index in [4.69, 9.17) is 9.47 Å². The molecule has 2 rings (SSSR count). The lowest BCUT2D eigenvalue weighted by Gasteiger charge is -2.05. The Labute approximate surface area is 114 Å². The van der Waals surface area contributed by atoms with Crippen LogP contribution in [0, 0.1) is 0 Å². The minimum atomic E-state index is -0.263. The van der Waals surface area contributed by atoms with Gasteiger partial charge >= 0.3 is 6.03 Å². The van der Waals surface area contributed by atoms with Gasteiger partial charge in [-0.05, 0) is 6.92 Å². The molecule has 0 atom stereocenters. The quantitative estimate of drug-likeness (QED) is 0.903. The summed E-state index contributed by atoms with van der Waals surface area (Å²) in [5.41, 5.74) is 0.759. The average molecular weight is 281 g/mol. The number of carbonyl (C=O) groups excluding carboxylic acids is 1. The molecule has 7 heteroatoms. The third-order valence-electron chi connectivity index (χ3n) is 2.45. The summed E-state index contributed by atoms with van der Waals surface area (Å²) in [6.07, 6.45) is 0. The SMILES string of the molecule is CCNC(=O)Nc1nc2cc(OC)c(OC)cc2s1. The highest BCUT2D eigenvalue weighted by molar-refractivity contribution is 7.22. The molecule has 0 aliphatic heterocycles. The number of urea groups is 1. The first-order chi connectivity index (χ1) is 9.17. The van der Waals surface area contributed by atoms with Crippen molar-refractivity contribution in [1.82, 2.24) is 10.3 Å². The van der Waals surface area contributed by atoms with Crippen LogP contribution in [0.25, 0.3) is 10.2 Å². The van der Waals surface area contributed by atoms with Crippen LogP contribution in [-0.2, 0) is 0 Å². The van der Waals surface area contributed by atoms with E-state index in [1.165, 1.54) is 11.3 Å². The number of aromatic nitrogens is 1. The van der Waals surface area contributed by atoms with E-state index in [-0.39, 0.29) is 6.03 Å². The van der Waals surface area contributed by atoms with Gasteiger partial charge in [-0.2, -0.15) is 0 Å². The van der Waals surface area contributed by atoms with Gasteiger partial charge in [0.05, 0.1) is 24.4 Å². The van der Waals surface area contributed by atoms with Crippen molar-refractivity contribution >= 4 is 32.7 Å². The highest BCUT2D eigenvalue weighted by Crippen LogP contribution is 2.35. The van der Waals surface area contributed by atoms with Gasteiger partial charge in [-0.15, -0.1) is 0 Å². The van der Waals surface area contributed by atoms with Gasteiger partial charge in [-0.1, -0.05) is 11.3 Å². The van der Waals surface area contributed by atoms with Gasteiger partial charge in [0.2, 0.25) is 0 Å². The number of hydrogen-bond acceptors (Lipinski definition) is 5. The molecule has 1 heterocycles. The highest BCUT2D eigenvalue weighted by atomic mass is 32.1. The second-order valence-electron chi connectivity index (χ2n) is 3.68. The fourth-order valence-electron chi connectivity index (χ4n) is 1.61. The summed E-state index contributed by atoms with van der Waals surface area (Å²) in [4.78, 5) is 15.8. The van der Waals surface area contributed by atoms with E-state index < -0.39 is 0 Å². The first-order valence-corrected chi connectivity index (χ1v) is 6.57. The van der Waals surface area contributed by atoms with E-state index in [2.05, 4.69) is 15.6 Å². The number of nitrogens with zero attached hydrogens (tertiary/aromatic N) is 1. The molecule has 0 aliphatic carbocycles. The van der Waals surface area contributed by atoms with Crippen LogP contribution < -0.4 is 20.1 Å². The third-order valence-corrected chi connectivity index (χ3v) is 3.39. The maximum atomic E-state index is 11.4. The van der Waals surface area contributed by atoms with Gasteiger partial charge in [0.25, 0.3) is 0 Å². The van der Waals surface area contributed by atoms with Gasteiger partial charge in [0.1, 0.15) is 0 Å². The lowest BCUT2D eigenvalue weighted by molar-refractivity contribution is 0.252. The smallest absolute Gasteiger partial charge is 0.321 e. The van der Waals surface area contributed by atoms with E-state index in [1.54, 1.807) is 20.3 Å². The number of carbonyl (C=O) groups is 1. The molecule has 102 valence electrons. The molecule has 1 aromatic heterocycles. The number of thiazole rings is 1. The molecular formula is C12H15N3O3S. The van der Waals surface area contributed by atoms with Gasteiger partial charge < -0.3 is 14.8 Å². The number of nitrogens with one attached hydrogen (secondary N) is 2. The minimum absolute atomic E-state index is 0.263. The van der Waals surface area contributed by atoms with Crippen molar-refractivity contribution in [3.63, 3.8) is 0 Å². The highest BCUT2D eigenvalue weighted by Gasteiger charge is 2.11. The van der Waals surface area contributed by atoms with E-state index >= 15 is 0 Å². The van der Waals surface area contributed by atoms with Crippen LogP contribution in [-0.4, -0.2) is 31.8 Å². The fraction of sp³-hybridized carbons (Fsp3) is 0.333. The van der Waals surface area contributed by atoms with Crippen LogP contribution in [0.5, 0.6) is 11.5 Å². The van der Waals surface area contributed by atoms with E-state index in [1.807, 2.05) is 13.0 Å². The number of anilines is 1. The second-order valence-corrected chi connectivity index (χ2v) is 4.71. The van der Waals surface area contributed by atoms with Crippen LogP contribution in [0.1, 0.15) is 6.92 Å². The lowest BCUT2D eigenvalue weighted by Crippen LogP contribution is -2.28. The molecule has 0 bridgehead atoms. The van der Waals surface area contributed by atoms with Crippen molar-refractivity contribution in [2.24, 2.45) is 0 Å². The van der Waals surface area contributed by atoms with Crippen molar-refractivity contribution in [1.29, 1.82) is 0 Å². The van der Waals surface area contributed by atoms with E-state index in [0.29, 0.717) is 23.2 Å². The van der Waals surface area contributed by atoms with Crippen molar-refractivity contribution in [3.05, 3.63) is 12.1 Å². The Morgan fingerprint density at radius 3 is 2.63 bits per heavy atom. The van der Waals surface area contributed by atoms with Crippen molar-refractivity contribution in [2.45, 2.75) is 6.92 Å². The molecule has 0 saturated carbocycles. The average Bonchev–Trinajstić information content (AvgIpc) is 2.78. The maximum Gasteiger partial charge on any atom is 0.321 e. The van der Waals surface area contributed by atoms with Gasteiger partial charge in [0.15, 0.2) is 16.6 Å². The molecule has 0 unspecified atom stereocenters. The number of methoxy groups -OCH3 is 2. The van der Waals surface area contributed by atoms with Crippen molar-refractivity contribution in [2.75, 3.05) is 26.1 Å². The summed E-state index contributed by atoms with van der Waals surface area (Å²) < 4.78 is 11.4. The van der Waals surface area contributed by atoms with Crippen molar-refractivity contribution in [3.8, 4) is 11.5 Å². The number of ether oxygens (including phenoxy) is 2. The van der Waals surface area contributed by atoms with Crippen LogP contribution in [0.2, 0.25) is 0 Å². The number of benzene rings is 1. The van der Waals surface area contributed by atoms with Crippen molar-refractivity contribution < 1.29 is 14.3 Å². The summed E-state index contributed by atoms with van der Waals surface area (Å²) >= 11 is 1.38. The summed E-state index contributed by atoms with van der Waals surface area (Å²) in [7, 11) is 3.16. The van der Waals surface area contributed by atoms with E-state index in [0.717, 1.165) is 10.2 Å². The molecule has 0 spiro atoms. The fourth-order valence-corrected chi connectivity index (χ4v) is 2.48. The number of amides is 2. The molecule has 0 fully saturated rings. The third kappa shape index (κ3) is 2.87. The van der Waals surface area contributed by atoms with Crippen LogP contribution in [0.3, 0.4) is 0 Å². The monoisotopic (exact) mass is 281 g/mol. The van der Waals surface area contributed by atoms with Gasteiger partial charge in [-0.25, -0.2) is 9.78 Å². The molecule has 0 aliphatic rings. The molecule has 19 heavy (non-hydrogen) atoms. The first-order valence-electron chi connectivity index (χ1n) is 5.75. The Morgan fingerprint density at radius 1 is 1.32 bits per heavy atom. The van der Waals surface area contributed by atoms with Crippen LogP contribution >= 0.6 is 11.3 Å². The van der Waals surface area contributed by atoms with Gasteiger partial charge in [0, 0.05) is 18.7 Å². The zero-order chi connectivity index (χ0) is 13.8. The largest absolute Gasteiger partial charge is 0.493 e. The maximum absolute atomic E-state index is 11.4. The Bertz CT molecular complexity index is 556. The molecule has 0 radical (unpaired) electrons. The second kappa shape index (κ2) is 5.75. The minimum Gasteiger partial charge on any atom is -0.493 e. The van der Waals surface area contributed by atoms with Crippen LogP contribution in [0.15, 0.2) is 12.1 Å². The molecule has 2 aromatic rings. The summed E-state index contributed by atoms with van der Waals surface area (Å²) in [6, 6.07) is 3.36. The topological polar surface area (TPSA) is 72.5 Å². The van der Waals surface area contributed by atoms with Crippen LogP contribution in [0.4, 0.5) is 9.93 Å².